The maximum atomic E-state index is 11.6. The van der Waals surface area contributed by atoms with Crippen LogP contribution >= 0.6 is 34.5 Å². The third-order valence-electron chi connectivity index (χ3n) is 3.72. The summed E-state index contributed by atoms with van der Waals surface area (Å²) in [6, 6.07) is 8.54. The zero-order valence-corrected chi connectivity index (χ0v) is 16.9. The molecule has 0 unspecified atom stereocenters. The molecule has 8 heteroatoms. The number of carbonyl (C=O) groups is 1. The number of halogens is 1. The van der Waals surface area contributed by atoms with Crippen molar-refractivity contribution in [1.29, 1.82) is 0 Å². The van der Waals surface area contributed by atoms with Gasteiger partial charge >= 0.3 is 5.97 Å². The van der Waals surface area contributed by atoms with E-state index in [1.54, 1.807) is 18.9 Å². The minimum Gasteiger partial charge on any atom is -0.462 e. The Bertz CT molecular complexity index is 704. The number of nitrogens with zero attached hydrogens (tertiary/aromatic N) is 4. The van der Waals surface area contributed by atoms with Gasteiger partial charge in [0.1, 0.15) is 0 Å². The van der Waals surface area contributed by atoms with Crippen molar-refractivity contribution < 1.29 is 9.53 Å². The molecule has 1 aliphatic heterocycles. The van der Waals surface area contributed by atoms with Crippen molar-refractivity contribution >= 4 is 46.5 Å². The Balaban J connectivity index is 1.53. The van der Waals surface area contributed by atoms with Crippen LogP contribution in [0, 0.1) is 3.57 Å². The average molecular weight is 470 g/mol. The van der Waals surface area contributed by atoms with Crippen LogP contribution in [0.25, 0.3) is 0 Å². The number of aromatic nitrogens is 2. The van der Waals surface area contributed by atoms with E-state index in [0.717, 1.165) is 26.2 Å². The molecule has 0 N–H and O–H groups in total. The van der Waals surface area contributed by atoms with Crippen molar-refractivity contribution in [2.45, 2.75) is 11.8 Å². The Morgan fingerprint density at radius 3 is 2.40 bits per heavy atom. The summed E-state index contributed by atoms with van der Waals surface area (Å²) in [5.74, 6) is 0.278. The van der Waals surface area contributed by atoms with Crippen LogP contribution in [0.3, 0.4) is 0 Å². The van der Waals surface area contributed by atoms with Crippen LogP contribution in [0.1, 0.15) is 17.3 Å². The summed E-state index contributed by atoms with van der Waals surface area (Å²) in [5.41, 5.74) is 0.388. The molecule has 1 saturated heterocycles. The topological polar surface area (TPSA) is 58.6 Å². The Kier molecular flexibility index (Phi) is 6.49. The molecule has 0 saturated carbocycles. The molecule has 6 nitrogen and oxygen atoms in total. The van der Waals surface area contributed by atoms with Gasteiger partial charge in [-0.25, -0.2) is 19.1 Å². The van der Waals surface area contributed by atoms with Gasteiger partial charge in [0, 0.05) is 47.0 Å². The molecule has 25 heavy (non-hydrogen) atoms. The third-order valence-corrected chi connectivity index (χ3v) is 5.54. The Morgan fingerprint density at radius 2 is 1.80 bits per heavy atom. The second kappa shape index (κ2) is 8.81. The summed E-state index contributed by atoms with van der Waals surface area (Å²) in [7, 11) is 0. The highest BCUT2D eigenvalue weighted by Crippen LogP contribution is 2.25. The van der Waals surface area contributed by atoms with E-state index in [0.29, 0.717) is 18.1 Å². The Morgan fingerprint density at radius 1 is 1.16 bits per heavy atom. The van der Waals surface area contributed by atoms with Crippen LogP contribution in [-0.4, -0.2) is 53.0 Å². The number of rotatable bonds is 5. The van der Waals surface area contributed by atoms with Gasteiger partial charge in [-0.05, 0) is 65.7 Å². The van der Waals surface area contributed by atoms with Crippen molar-refractivity contribution in [3.05, 3.63) is 45.8 Å². The SMILES string of the molecule is CCOC(=O)c1cnc(N2CCN(Sc3ccc(I)cc3)CC2)nc1. The lowest BCUT2D eigenvalue weighted by Crippen LogP contribution is -2.44. The van der Waals surface area contributed by atoms with Gasteiger partial charge in [0.25, 0.3) is 0 Å². The predicted octanol–water partition coefficient (Wildman–Crippen LogP) is 3.09. The highest BCUT2D eigenvalue weighted by atomic mass is 127. The first kappa shape index (κ1) is 18.4. The molecule has 0 amide bonds. The van der Waals surface area contributed by atoms with Gasteiger partial charge in [-0.1, -0.05) is 0 Å². The molecule has 0 spiro atoms. The minimum atomic E-state index is -0.382. The maximum absolute atomic E-state index is 11.6. The number of ether oxygens (including phenoxy) is 1. The largest absolute Gasteiger partial charge is 0.462 e. The highest BCUT2D eigenvalue weighted by Gasteiger charge is 2.20. The number of piperazine rings is 1. The summed E-state index contributed by atoms with van der Waals surface area (Å²) in [6.07, 6.45) is 3.07. The second-order valence-corrected chi connectivity index (χ2v) is 7.87. The normalized spacial score (nSPS) is 15.2. The van der Waals surface area contributed by atoms with Gasteiger partial charge in [-0.3, -0.25) is 0 Å². The lowest BCUT2D eigenvalue weighted by molar-refractivity contribution is 0.0525. The first-order chi connectivity index (χ1) is 12.2. The van der Waals surface area contributed by atoms with E-state index in [2.05, 4.69) is 66.0 Å². The molecular weight excluding hydrogens is 451 g/mol. The van der Waals surface area contributed by atoms with E-state index in [4.69, 9.17) is 4.74 Å². The van der Waals surface area contributed by atoms with Gasteiger partial charge in [0.15, 0.2) is 0 Å². The average Bonchev–Trinajstić information content (AvgIpc) is 2.65. The van der Waals surface area contributed by atoms with Gasteiger partial charge in [0.05, 0.1) is 12.2 Å². The molecule has 132 valence electrons. The third kappa shape index (κ3) is 5.05. The molecule has 3 rings (SSSR count). The summed E-state index contributed by atoms with van der Waals surface area (Å²) < 4.78 is 8.55. The molecule has 1 aliphatic rings. The highest BCUT2D eigenvalue weighted by molar-refractivity contribution is 14.1. The number of esters is 1. The van der Waals surface area contributed by atoms with Gasteiger partial charge < -0.3 is 9.64 Å². The summed E-state index contributed by atoms with van der Waals surface area (Å²) >= 11 is 4.10. The van der Waals surface area contributed by atoms with Crippen molar-refractivity contribution in [1.82, 2.24) is 14.3 Å². The number of anilines is 1. The molecule has 0 radical (unpaired) electrons. The molecule has 1 fully saturated rings. The fourth-order valence-electron chi connectivity index (χ4n) is 2.43. The monoisotopic (exact) mass is 470 g/mol. The molecule has 1 aromatic heterocycles. The number of carbonyl (C=O) groups excluding carboxylic acids is 1. The van der Waals surface area contributed by atoms with Crippen molar-refractivity contribution in [3.63, 3.8) is 0 Å². The van der Waals surface area contributed by atoms with E-state index in [9.17, 15) is 4.79 Å². The first-order valence-corrected chi connectivity index (χ1v) is 9.93. The number of benzene rings is 1. The molecule has 1 aromatic carbocycles. The molecule has 0 bridgehead atoms. The van der Waals surface area contributed by atoms with Crippen molar-refractivity contribution in [3.8, 4) is 0 Å². The van der Waals surface area contributed by atoms with Crippen LogP contribution < -0.4 is 4.90 Å². The van der Waals surface area contributed by atoms with Crippen LogP contribution in [0.4, 0.5) is 5.95 Å². The van der Waals surface area contributed by atoms with Crippen LogP contribution in [0.15, 0.2) is 41.6 Å². The van der Waals surface area contributed by atoms with E-state index in [1.165, 1.54) is 20.9 Å². The standard InChI is InChI=1S/C17H19IN4O2S/c1-2-24-16(23)13-11-19-17(20-12-13)21-7-9-22(10-8-21)25-15-5-3-14(18)4-6-15/h3-6,11-12H,2,7-10H2,1H3. The zero-order valence-electron chi connectivity index (χ0n) is 13.9. The Hall–Kier alpha value is -1.39. The van der Waals surface area contributed by atoms with E-state index in [1.807, 2.05) is 0 Å². The van der Waals surface area contributed by atoms with E-state index in [-0.39, 0.29) is 5.97 Å². The van der Waals surface area contributed by atoms with Crippen molar-refractivity contribution in [2.24, 2.45) is 0 Å². The summed E-state index contributed by atoms with van der Waals surface area (Å²) in [5, 5.41) is 0. The fourth-order valence-corrected chi connectivity index (χ4v) is 3.69. The Labute approximate surface area is 165 Å². The quantitative estimate of drug-likeness (QED) is 0.378. The zero-order chi connectivity index (χ0) is 17.6. The number of hydrogen-bond donors (Lipinski definition) is 0. The van der Waals surface area contributed by atoms with Crippen molar-refractivity contribution in [2.75, 3.05) is 37.7 Å². The lowest BCUT2D eigenvalue weighted by Gasteiger charge is -2.33. The smallest absolute Gasteiger partial charge is 0.341 e. The minimum absolute atomic E-state index is 0.348. The van der Waals surface area contributed by atoms with Gasteiger partial charge in [0.2, 0.25) is 5.95 Å². The second-order valence-electron chi connectivity index (χ2n) is 5.45. The van der Waals surface area contributed by atoms with Gasteiger partial charge in [-0.15, -0.1) is 0 Å². The summed E-state index contributed by atoms with van der Waals surface area (Å²) in [4.78, 5) is 23.7. The van der Waals surface area contributed by atoms with Crippen LogP contribution in [0.2, 0.25) is 0 Å². The van der Waals surface area contributed by atoms with E-state index >= 15 is 0 Å². The van der Waals surface area contributed by atoms with Crippen LogP contribution in [0.5, 0.6) is 0 Å². The molecule has 2 heterocycles. The molecular formula is C17H19IN4O2S. The van der Waals surface area contributed by atoms with Gasteiger partial charge in [-0.2, -0.15) is 0 Å². The van der Waals surface area contributed by atoms with E-state index < -0.39 is 0 Å². The van der Waals surface area contributed by atoms with Crippen LogP contribution in [-0.2, 0) is 4.74 Å². The molecule has 0 aliphatic carbocycles. The maximum Gasteiger partial charge on any atom is 0.341 e. The number of hydrogen-bond acceptors (Lipinski definition) is 7. The molecule has 0 atom stereocenters. The summed E-state index contributed by atoms with van der Waals surface area (Å²) in [6.45, 7) is 5.70. The lowest BCUT2D eigenvalue weighted by atomic mass is 10.3. The fraction of sp³-hybridized carbons (Fsp3) is 0.353. The first-order valence-electron chi connectivity index (χ1n) is 8.08. The molecule has 2 aromatic rings. The predicted molar refractivity (Wildman–Crippen MR) is 107 cm³/mol.